The lowest BCUT2D eigenvalue weighted by atomic mass is 9.86. The molecular formula is C11H15N5. The van der Waals surface area contributed by atoms with Gasteiger partial charge in [-0.3, -0.25) is 0 Å². The minimum absolute atomic E-state index is 0.301. The van der Waals surface area contributed by atoms with Gasteiger partial charge in [-0.15, -0.1) is 10.2 Å². The predicted octanol–water partition coefficient (Wildman–Crippen LogP) is 1.11. The summed E-state index contributed by atoms with van der Waals surface area (Å²) in [6.45, 7) is 0. The van der Waals surface area contributed by atoms with E-state index in [1.165, 1.54) is 6.42 Å². The van der Waals surface area contributed by atoms with Crippen LogP contribution in [-0.2, 0) is 0 Å². The van der Waals surface area contributed by atoms with E-state index < -0.39 is 0 Å². The molecule has 5 nitrogen and oxygen atoms in total. The van der Waals surface area contributed by atoms with Crippen LogP contribution in [-0.4, -0.2) is 25.9 Å². The minimum atomic E-state index is 0.301. The molecule has 2 N–H and O–H groups in total. The largest absolute Gasteiger partial charge is 0.328 e. The van der Waals surface area contributed by atoms with Crippen LogP contribution < -0.4 is 5.73 Å². The molecule has 2 aromatic rings. The molecule has 0 radical (unpaired) electrons. The topological polar surface area (TPSA) is 69.1 Å². The summed E-state index contributed by atoms with van der Waals surface area (Å²) in [5.41, 5.74) is 6.81. The first-order valence-electron chi connectivity index (χ1n) is 5.76. The summed E-state index contributed by atoms with van der Waals surface area (Å²) in [6, 6.07) is 4.10. The van der Waals surface area contributed by atoms with Crippen molar-refractivity contribution < 1.29 is 0 Å². The second-order valence-corrected chi connectivity index (χ2v) is 4.48. The highest BCUT2D eigenvalue weighted by Gasteiger charge is 2.25. The van der Waals surface area contributed by atoms with Gasteiger partial charge in [0.25, 0.3) is 0 Å². The Labute approximate surface area is 93.7 Å². The summed E-state index contributed by atoms with van der Waals surface area (Å²) in [5, 5.41) is 12.7. The van der Waals surface area contributed by atoms with Gasteiger partial charge < -0.3 is 5.73 Å². The van der Waals surface area contributed by atoms with Crippen molar-refractivity contribution in [2.24, 2.45) is 5.73 Å². The molecule has 0 bridgehead atoms. The van der Waals surface area contributed by atoms with E-state index in [1.54, 1.807) is 6.20 Å². The van der Waals surface area contributed by atoms with Crippen LogP contribution in [0.3, 0.4) is 0 Å². The van der Waals surface area contributed by atoms with Crippen LogP contribution >= 0.6 is 0 Å². The number of rotatable bonds is 1. The maximum atomic E-state index is 6.00. The third kappa shape index (κ3) is 1.57. The zero-order chi connectivity index (χ0) is 11.0. The highest BCUT2D eigenvalue weighted by Crippen LogP contribution is 2.30. The Kier molecular flexibility index (Phi) is 2.32. The molecule has 1 aliphatic rings. The molecule has 2 heterocycles. The first-order valence-corrected chi connectivity index (χ1v) is 5.76. The molecule has 84 valence electrons. The molecule has 0 spiro atoms. The van der Waals surface area contributed by atoms with Gasteiger partial charge in [-0.25, -0.2) is 0 Å². The number of fused-ring (bicyclic) bond motifs is 1. The molecule has 0 aliphatic heterocycles. The van der Waals surface area contributed by atoms with Gasteiger partial charge >= 0.3 is 0 Å². The van der Waals surface area contributed by atoms with Crippen LogP contribution in [0.5, 0.6) is 0 Å². The second kappa shape index (κ2) is 3.83. The molecule has 3 rings (SSSR count). The maximum absolute atomic E-state index is 6.00. The lowest BCUT2D eigenvalue weighted by Crippen LogP contribution is -2.27. The van der Waals surface area contributed by atoms with Gasteiger partial charge in [0.2, 0.25) is 0 Å². The zero-order valence-electron chi connectivity index (χ0n) is 9.08. The van der Waals surface area contributed by atoms with E-state index in [9.17, 15) is 0 Å². The summed E-state index contributed by atoms with van der Waals surface area (Å²) in [6.07, 6.45) is 6.21. The summed E-state index contributed by atoms with van der Waals surface area (Å²) < 4.78 is 1.84. The van der Waals surface area contributed by atoms with Crippen molar-refractivity contribution in [1.82, 2.24) is 19.8 Å². The average Bonchev–Trinajstić information content (AvgIpc) is 2.72. The molecular weight excluding hydrogens is 202 g/mol. The molecule has 1 fully saturated rings. The highest BCUT2D eigenvalue weighted by atomic mass is 15.4. The number of aromatic nitrogens is 4. The summed E-state index contributed by atoms with van der Waals surface area (Å²) in [7, 11) is 0. The Morgan fingerprint density at radius 3 is 3.12 bits per heavy atom. The lowest BCUT2D eigenvalue weighted by Gasteiger charge is -2.24. The summed E-state index contributed by atoms with van der Waals surface area (Å²) in [5.74, 6) is 1.37. The fourth-order valence-electron chi connectivity index (χ4n) is 2.48. The van der Waals surface area contributed by atoms with Crippen LogP contribution in [0.4, 0.5) is 0 Å². The fourth-order valence-corrected chi connectivity index (χ4v) is 2.48. The van der Waals surface area contributed by atoms with Gasteiger partial charge in [-0.1, -0.05) is 6.42 Å². The van der Waals surface area contributed by atoms with Crippen molar-refractivity contribution in [2.45, 2.75) is 37.6 Å². The van der Waals surface area contributed by atoms with Gasteiger partial charge in [0.15, 0.2) is 11.5 Å². The van der Waals surface area contributed by atoms with Gasteiger partial charge in [-0.05, 0) is 31.4 Å². The van der Waals surface area contributed by atoms with E-state index >= 15 is 0 Å². The first kappa shape index (κ1) is 9.72. The summed E-state index contributed by atoms with van der Waals surface area (Å²) in [4.78, 5) is 0. The van der Waals surface area contributed by atoms with Gasteiger partial charge in [0.05, 0.1) is 0 Å². The molecule has 0 amide bonds. The number of hydrogen-bond acceptors (Lipinski definition) is 4. The van der Waals surface area contributed by atoms with Gasteiger partial charge in [-0.2, -0.15) is 9.61 Å². The molecule has 0 saturated heterocycles. The molecule has 1 saturated carbocycles. The standard InChI is InChI=1S/C11H15N5/c12-9-4-1-3-8(7-9)11-15-14-10-5-2-6-13-16(10)11/h2,5-6,8-9H,1,3-4,7,12H2. The Bertz CT molecular complexity index is 492. The molecule has 2 atom stereocenters. The van der Waals surface area contributed by atoms with E-state index in [0.717, 1.165) is 30.7 Å². The predicted molar refractivity (Wildman–Crippen MR) is 60.0 cm³/mol. The molecule has 2 aromatic heterocycles. The van der Waals surface area contributed by atoms with Crippen molar-refractivity contribution >= 4 is 5.65 Å². The number of nitrogens with two attached hydrogens (primary N) is 1. The van der Waals surface area contributed by atoms with Crippen molar-refractivity contribution in [3.63, 3.8) is 0 Å². The third-order valence-corrected chi connectivity index (χ3v) is 3.28. The summed E-state index contributed by atoms with van der Waals surface area (Å²) >= 11 is 0. The Hall–Kier alpha value is -1.49. The molecule has 16 heavy (non-hydrogen) atoms. The third-order valence-electron chi connectivity index (χ3n) is 3.28. The van der Waals surface area contributed by atoms with Crippen molar-refractivity contribution in [3.05, 3.63) is 24.2 Å². The maximum Gasteiger partial charge on any atom is 0.177 e. The van der Waals surface area contributed by atoms with Crippen molar-refractivity contribution in [2.75, 3.05) is 0 Å². The average molecular weight is 217 g/mol. The monoisotopic (exact) mass is 217 g/mol. The second-order valence-electron chi connectivity index (χ2n) is 4.48. The first-order chi connectivity index (χ1) is 7.84. The smallest absolute Gasteiger partial charge is 0.177 e. The van der Waals surface area contributed by atoms with Crippen molar-refractivity contribution in [1.29, 1.82) is 0 Å². The number of nitrogens with zero attached hydrogens (tertiary/aromatic N) is 4. The SMILES string of the molecule is NC1CCCC(c2nnc3cccnn23)C1. The van der Waals surface area contributed by atoms with Gasteiger partial charge in [0.1, 0.15) is 0 Å². The van der Waals surface area contributed by atoms with Crippen LogP contribution in [0.2, 0.25) is 0 Å². The Morgan fingerprint density at radius 2 is 2.25 bits per heavy atom. The normalized spacial score (nSPS) is 26.1. The van der Waals surface area contributed by atoms with Crippen molar-refractivity contribution in [3.8, 4) is 0 Å². The van der Waals surface area contributed by atoms with E-state index in [4.69, 9.17) is 5.73 Å². The van der Waals surface area contributed by atoms with Crippen LogP contribution in [0.1, 0.15) is 37.4 Å². The lowest BCUT2D eigenvalue weighted by molar-refractivity contribution is 0.378. The quantitative estimate of drug-likeness (QED) is 0.776. The zero-order valence-corrected chi connectivity index (χ0v) is 9.08. The van der Waals surface area contributed by atoms with Crippen LogP contribution in [0.25, 0.3) is 5.65 Å². The molecule has 1 aliphatic carbocycles. The van der Waals surface area contributed by atoms with E-state index in [0.29, 0.717) is 12.0 Å². The molecule has 2 unspecified atom stereocenters. The molecule has 5 heteroatoms. The van der Waals surface area contributed by atoms with Crippen LogP contribution in [0, 0.1) is 0 Å². The van der Waals surface area contributed by atoms with E-state index in [2.05, 4.69) is 15.3 Å². The Balaban J connectivity index is 1.99. The highest BCUT2D eigenvalue weighted by molar-refractivity contribution is 5.35. The van der Waals surface area contributed by atoms with E-state index in [1.807, 2.05) is 16.6 Å². The fraction of sp³-hybridized carbons (Fsp3) is 0.545. The van der Waals surface area contributed by atoms with Crippen LogP contribution in [0.15, 0.2) is 18.3 Å². The van der Waals surface area contributed by atoms with E-state index in [-0.39, 0.29) is 0 Å². The van der Waals surface area contributed by atoms with Gasteiger partial charge in [0, 0.05) is 18.2 Å². The molecule has 0 aromatic carbocycles. The minimum Gasteiger partial charge on any atom is -0.328 e. The number of hydrogen-bond donors (Lipinski definition) is 1. The Morgan fingerprint density at radius 1 is 1.31 bits per heavy atom.